The van der Waals surface area contributed by atoms with Crippen LogP contribution in [0.1, 0.15) is 6.42 Å². The minimum atomic E-state index is -0.823. The lowest BCUT2D eigenvalue weighted by Crippen LogP contribution is -2.45. The van der Waals surface area contributed by atoms with E-state index >= 15 is 0 Å². The molecule has 0 spiro atoms. The van der Waals surface area contributed by atoms with Crippen LogP contribution in [0.25, 0.3) is 0 Å². The van der Waals surface area contributed by atoms with Crippen molar-refractivity contribution in [2.24, 2.45) is 0 Å². The molecule has 5 nitrogen and oxygen atoms in total. The van der Waals surface area contributed by atoms with E-state index in [9.17, 15) is 9.90 Å². The van der Waals surface area contributed by atoms with Gasteiger partial charge >= 0.3 is 6.03 Å². The highest BCUT2D eigenvalue weighted by atomic mass is 32.2. The first kappa shape index (κ1) is 14.2. The minimum Gasteiger partial charge on any atom is -0.387 e. The summed E-state index contributed by atoms with van der Waals surface area (Å²) in [4.78, 5) is 12.8. The van der Waals surface area contributed by atoms with Gasteiger partial charge in [-0.25, -0.2) is 4.79 Å². The van der Waals surface area contributed by atoms with Crippen molar-refractivity contribution in [3.63, 3.8) is 0 Å². The Morgan fingerprint density at radius 3 is 3.00 bits per heavy atom. The summed E-state index contributed by atoms with van der Waals surface area (Å²) in [5.41, 5.74) is -0.0415. The van der Waals surface area contributed by atoms with Crippen molar-refractivity contribution < 1.29 is 9.90 Å². The molecular formula is C13H19N3O2S. The monoisotopic (exact) mass is 281 g/mol. The summed E-state index contributed by atoms with van der Waals surface area (Å²) in [6, 6.07) is 7.33. The van der Waals surface area contributed by atoms with Crippen LogP contribution in [0.3, 0.4) is 0 Å². The van der Waals surface area contributed by atoms with Crippen LogP contribution in [-0.2, 0) is 0 Å². The van der Waals surface area contributed by atoms with E-state index in [0.717, 1.165) is 17.1 Å². The zero-order chi connectivity index (χ0) is 13.7. The van der Waals surface area contributed by atoms with Crippen molar-refractivity contribution in [1.29, 1.82) is 0 Å². The van der Waals surface area contributed by atoms with Gasteiger partial charge in [0, 0.05) is 18.0 Å². The van der Waals surface area contributed by atoms with E-state index < -0.39 is 5.60 Å². The fraction of sp³-hybridized carbons (Fsp3) is 0.462. The minimum absolute atomic E-state index is 0.257. The van der Waals surface area contributed by atoms with Crippen LogP contribution in [0.5, 0.6) is 0 Å². The molecule has 0 radical (unpaired) electrons. The van der Waals surface area contributed by atoms with Gasteiger partial charge in [0.2, 0.25) is 0 Å². The number of carbonyl (C=O) groups is 1. The third-order valence-electron chi connectivity index (χ3n) is 3.15. The van der Waals surface area contributed by atoms with Crippen LogP contribution in [-0.4, -0.2) is 42.6 Å². The number of hydrogen-bond donors (Lipinski definition) is 4. The standard InChI is InChI=1S/C13H19N3O2S/c1-19-11-5-3-2-4-10(11)16-12(17)15-9-13(18)6-7-14-8-13/h2-5,14,18H,6-9H2,1H3,(H2,15,16,17). The van der Waals surface area contributed by atoms with Crippen LogP contribution >= 0.6 is 11.8 Å². The summed E-state index contributed by atoms with van der Waals surface area (Å²) >= 11 is 1.58. The molecule has 0 bridgehead atoms. The van der Waals surface area contributed by atoms with E-state index in [0.29, 0.717) is 13.0 Å². The van der Waals surface area contributed by atoms with Gasteiger partial charge < -0.3 is 21.1 Å². The first-order valence-electron chi connectivity index (χ1n) is 6.24. The van der Waals surface area contributed by atoms with Crippen LogP contribution in [0.15, 0.2) is 29.2 Å². The van der Waals surface area contributed by atoms with Gasteiger partial charge in [-0.2, -0.15) is 0 Å². The first-order chi connectivity index (χ1) is 9.13. The Labute approximate surface area is 117 Å². The third kappa shape index (κ3) is 3.86. The number of anilines is 1. The first-order valence-corrected chi connectivity index (χ1v) is 7.46. The third-order valence-corrected chi connectivity index (χ3v) is 3.95. The number of hydrogen-bond acceptors (Lipinski definition) is 4. The molecule has 1 aliphatic rings. The Bertz CT molecular complexity index is 447. The summed E-state index contributed by atoms with van der Waals surface area (Å²) in [6.07, 6.45) is 2.63. The molecule has 1 fully saturated rings. The predicted molar refractivity (Wildman–Crippen MR) is 77.7 cm³/mol. The summed E-state index contributed by atoms with van der Waals surface area (Å²) in [7, 11) is 0. The molecule has 6 heteroatoms. The maximum atomic E-state index is 11.8. The summed E-state index contributed by atoms with van der Waals surface area (Å²) < 4.78 is 0. The number of carbonyl (C=O) groups excluding carboxylic acids is 1. The van der Waals surface area contributed by atoms with E-state index in [1.807, 2.05) is 30.5 Å². The normalized spacial score (nSPS) is 22.2. The molecule has 19 heavy (non-hydrogen) atoms. The molecule has 1 atom stereocenters. The maximum absolute atomic E-state index is 11.8. The molecular weight excluding hydrogens is 262 g/mol. The van der Waals surface area contributed by atoms with Crippen LogP contribution < -0.4 is 16.0 Å². The molecule has 104 valence electrons. The van der Waals surface area contributed by atoms with Crippen LogP contribution in [0.4, 0.5) is 10.5 Å². The lowest BCUT2D eigenvalue weighted by atomic mass is 10.0. The largest absolute Gasteiger partial charge is 0.387 e. The Morgan fingerprint density at radius 1 is 1.53 bits per heavy atom. The van der Waals surface area contributed by atoms with Crippen LogP contribution in [0, 0.1) is 0 Å². The van der Waals surface area contributed by atoms with Crippen molar-refractivity contribution in [2.45, 2.75) is 16.9 Å². The molecule has 2 amide bonds. The Kier molecular flexibility index (Phi) is 4.68. The van der Waals surface area contributed by atoms with E-state index in [-0.39, 0.29) is 12.6 Å². The number of urea groups is 1. The Balaban J connectivity index is 1.87. The van der Waals surface area contributed by atoms with Crippen LogP contribution in [0.2, 0.25) is 0 Å². The van der Waals surface area contributed by atoms with Crippen molar-refractivity contribution >= 4 is 23.5 Å². The lowest BCUT2D eigenvalue weighted by molar-refractivity contribution is 0.0640. The summed E-state index contributed by atoms with van der Waals surface area (Å²) in [5, 5.41) is 18.7. The van der Waals surface area contributed by atoms with Gasteiger partial charge in [-0.15, -0.1) is 11.8 Å². The van der Waals surface area contributed by atoms with Gasteiger partial charge in [0.1, 0.15) is 0 Å². The molecule has 1 saturated heterocycles. The molecule has 1 heterocycles. The fourth-order valence-electron chi connectivity index (χ4n) is 2.04. The molecule has 0 saturated carbocycles. The van der Waals surface area contributed by atoms with Gasteiger partial charge in [-0.3, -0.25) is 0 Å². The average molecular weight is 281 g/mol. The molecule has 1 aliphatic heterocycles. The second-order valence-electron chi connectivity index (χ2n) is 4.66. The van der Waals surface area contributed by atoms with Crippen molar-refractivity contribution in [3.8, 4) is 0 Å². The maximum Gasteiger partial charge on any atom is 0.319 e. The number of aliphatic hydroxyl groups is 1. The number of rotatable bonds is 4. The quantitative estimate of drug-likeness (QED) is 0.627. The number of thioether (sulfide) groups is 1. The lowest BCUT2D eigenvalue weighted by Gasteiger charge is -2.21. The number of nitrogens with one attached hydrogen (secondary N) is 3. The topological polar surface area (TPSA) is 73.4 Å². The smallest absolute Gasteiger partial charge is 0.319 e. The highest BCUT2D eigenvalue weighted by Gasteiger charge is 2.31. The predicted octanol–water partition coefficient (Wildman–Crippen LogP) is 1.25. The number of β-amino-alcohol motifs (C(OH)–C–C–N with tert-alkyl or cyclic N) is 1. The van der Waals surface area contributed by atoms with E-state index in [4.69, 9.17) is 0 Å². The Morgan fingerprint density at radius 2 is 2.32 bits per heavy atom. The van der Waals surface area contributed by atoms with E-state index in [1.54, 1.807) is 11.8 Å². The van der Waals surface area contributed by atoms with Gasteiger partial charge in [-0.05, 0) is 31.4 Å². The van der Waals surface area contributed by atoms with Gasteiger partial charge in [0.15, 0.2) is 0 Å². The summed E-state index contributed by atoms with van der Waals surface area (Å²) in [5.74, 6) is 0. The highest BCUT2D eigenvalue weighted by Crippen LogP contribution is 2.24. The average Bonchev–Trinajstić information content (AvgIpc) is 2.85. The number of para-hydroxylation sites is 1. The van der Waals surface area contributed by atoms with Crippen molar-refractivity contribution in [2.75, 3.05) is 31.2 Å². The molecule has 2 rings (SSSR count). The molecule has 0 aliphatic carbocycles. The number of amides is 2. The molecule has 4 N–H and O–H groups in total. The fourth-order valence-corrected chi connectivity index (χ4v) is 2.59. The second-order valence-corrected chi connectivity index (χ2v) is 5.51. The molecule has 1 unspecified atom stereocenters. The SMILES string of the molecule is CSc1ccccc1NC(=O)NCC1(O)CCNC1. The van der Waals surface area contributed by atoms with E-state index in [1.165, 1.54) is 0 Å². The molecule has 0 aromatic heterocycles. The zero-order valence-corrected chi connectivity index (χ0v) is 11.7. The zero-order valence-electron chi connectivity index (χ0n) is 10.9. The second kappa shape index (κ2) is 6.27. The van der Waals surface area contributed by atoms with Crippen molar-refractivity contribution in [3.05, 3.63) is 24.3 Å². The Hall–Kier alpha value is -1.24. The van der Waals surface area contributed by atoms with Gasteiger partial charge in [0.25, 0.3) is 0 Å². The van der Waals surface area contributed by atoms with Crippen molar-refractivity contribution in [1.82, 2.24) is 10.6 Å². The molecule has 1 aromatic rings. The highest BCUT2D eigenvalue weighted by molar-refractivity contribution is 7.98. The van der Waals surface area contributed by atoms with Gasteiger partial charge in [-0.1, -0.05) is 12.1 Å². The summed E-state index contributed by atoms with van der Waals surface area (Å²) in [6.45, 7) is 1.57. The number of benzene rings is 1. The molecule has 1 aromatic carbocycles. The van der Waals surface area contributed by atoms with E-state index in [2.05, 4.69) is 16.0 Å². The van der Waals surface area contributed by atoms with Gasteiger partial charge in [0.05, 0.1) is 11.3 Å².